The average Bonchev–Trinajstić information content (AvgIpc) is 2.25. The Bertz CT molecular complexity index is 189. The van der Waals surface area contributed by atoms with E-state index in [9.17, 15) is 5.11 Å². The van der Waals surface area contributed by atoms with Gasteiger partial charge in [0, 0.05) is 7.11 Å². The zero-order valence-corrected chi connectivity index (χ0v) is 9.03. The molecule has 3 heteroatoms. The first kappa shape index (κ1) is 11.7. The van der Waals surface area contributed by atoms with Crippen molar-refractivity contribution in [3.63, 3.8) is 0 Å². The van der Waals surface area contributed by atoms with Gasteiger partial charge in [-0.3, -0.25) is 0 Å². The summed E-state index contributed by atoms with van der Waals surface area (Å²) >= 11 is 0. The Morgan fingerprint density at radius 3 is 3.07 bits per heavy atom. The minimum absolute atomic E-state index is 0.219. The summed E-state index contributed by atoms with van der Waals surface area (Å²) in [7, 11) is 1.63. The molecule has 1 rings (SSSR count). The van der Waals surface area contributed by atoms with Crippen molar-refractivity contribution in [2.75, 3.05) is 13.9 Å². The lowest BCUT2D eigenvalue weighted by molar-refractivity contribution is -0.0759. The Hall–Kier alpha value is -0.380. The maximum atomic E-state index is 9.67. The van der Waals surface area contributed by atoms with Crippen LogP contribution in [-0.2, 0) is 9.47 Å². The van der Waals surface area contributed by atoms with Crippen LogP contribution in [0, 0.1) is 0 Å². The van der Waals surface area contributed by atoms with Gasteiger partial charge in [-0.1, -0.05) is 13.0 Å². The van der Waals surface area contributed by atoms with Gasteiger partial charge in [-0.05, 0) is 31.3 Å². The van der Waals surface area contributed by atoms with Gasteiger partial charge < -0.3 is 14.6 Å². The third-order valence-corrected chi connectivity index (χ3v) is 2.59. The van der Waals surface area contributed by atoms with E-state index in [0.717, 1.165) is 31.3 Å². The van der Waals surface area contributed by atoms with Crippen molar-refractivity contribution >= 4 is 0 Å². The molecule has 0 aliphatic heterocycles. The van der Waals surface area contributed by atoms with E-state index in [-0.39, 0.29) is 12.2 Å². The number of ether oxygens (including phenoxy) is 2. The van der Waals surface area contributed by atoms with Crippen molar-refractivity contribution in [2.24, 2.45) is 0 Å². The summed E-state index contributed by atoms with van der Waals surface area (Å²) in [5.74, 6) is 0. The van der Waals surface area contributed by atoms with Crippen LogP contribution in [0.5, 0.6) is 0 Å². The number of aliphatic hydroxyl groups is 1. The number of hydrogen-bond donors (Lipinski definition) is 1. The third-order valence-electron chi connectivity index (χ3n) is 2.59. The highest BCUT2D eigenvalue weighted by atomic mass is 16.7. The molecule has 3 nitrogen and oxygen atoms in total. The van der Waals surface area contributed by atoms with E-state index in [1.807, 2.05) is 6.92 Å². The monoisotopic (exact) mass is 200 g/mol. The van der Waals surface area contributed by atoms with Crippen LogP contribution in [0.25, 0.3) is 0 Å². The largest absolute Gasteiger partial charge is 0.389 e. The van der Waals surface area contributed by atoms with Crippen LogP contribution in [0.2, 0.25) is 0 Å². The van der Waals surface area contributed by atoms with E-state index >= 15 is 0 Å². The van der Waals surface area contributed by atoms with E-state index in [1.54, 1.807) is 7.11 Å². The first-order chi connectivity index (χ1) is 6.77. The van der Waals surface area contributed by atoms with E-state index in [1.165, 1.54) is 0 Å². The Morgan fingerprint density at radius 2 is 2.43 bits per heavy atom. The van der Waals surface area contributed by atoms with Crippen molar-refractivity contribution in [1.82, 2.24) is 0 Å². The van der Waals surface area contributed by atoms with Gasteiger partial charge in [-0.25, -0.2) is 0 Å². The fraction of sp³-hybridized carbons (Fsp3) is 0.818. The normalized spacial score (nSPS) is 24.5. The molecule has 1 aliphatic rings. The fourth-order valence-corrected chi connectivity index (χ4v) is 1.74. The molecule has 0 bridgehead atoms. The molecular weight excluding hydrogens is 180 g/mol. The molecule has 82 valence electrons. The van der Waals surface area contributed by atoms with Gasteiger partial charge in [0.15, 0.2) is 0 Å². The Labute approximate surface area is 85.7 Å². The Morgan fingerprint density at radius 1 is 1.64 bits per heavy atom. The molecule has 1 aliphatic carbocycles. The highest BCUT2D eigenvalue weighted by molar-refractivity contribution is 5.12. The van der Waals surface area contributed by atoms with Crippen molar-refractivity contribution in [1.29, 1.82) is 0 Å². The molecule has 0 radical (unpaired) electrons. The summed E-state index contributed by atoms with van der Waals surface area (Å²) in [6, 6.07) is 0. The SMILES string of the molecule is CCC(O)C1=CCCC(OCOC)C1. The lowest BCUT2D eigenvalue weighted by atomic mass is 9.92. The predicted octanol–water partition coefficient (Wildman–Crippen LogP) is 1.86. The van der Waals surface area contributed by atoms with E-state index in [4.69, 9.17) is 9.47 Å². The van der Waals surface area contributed by atoms with E-state index < -0.39 is 0 Å². The number of methoxy groups -OCH3 is 1. The lowest BCUT2D eigenvalue weighted by Crippen LogP contribution is -2.22. The van der Waals surface area contributed by atoms with E-state index in [0.29, 0.717) is 6.79 Å². The minimum Gasteiger partial charge on any atom is -0.389 e. The molecule has 0 heterocycles. The summed E-state index contributed by atoms with van der Waals surface area (Å²) in [4.78, 5) is 0. The van der Waals surface area contributed by atoms with Gasteiger partial charge in [0.05, 0.1) is 12.2 Å². The maximum absolute atomic E-state index is 9.67. The topological polar surface area (TPSA) is 38.7 Å². The zero-order valence-electron chi connectivity index (χ0n) is 9.03. The van der Waals surface area contributed by atoms with Crippen LogP contribution in [0.3, 0.4) is 0 Å². The van der Waals surface area contributed by atoms with Crippen molar-refractivity contribution in [3.8, 4) is 0 Å². The molecule has 0 amide bonds. The molecule has 2 atom stereocenters. The molecule has 14 heavy (non-hydrogen) atoms. The molecule has 0 saturated heterocycles. The van der Waals surface area contributed by atoms with Crippen LogP contribution < -0.4 is 0 Å². The minimum atomic E-state index is -0.288. The van der Waals surface area contributed by atoms with Gasteiger partial charge in [0.25, 0.3) is 0 Å². The number of hydrogen-bond acceptors (Lipinski definition) is 3. The quantitative estimate of drug-likeness (QED) is 0.544. The van der Waals surface area contributed by atoms with E-state index in [2.05, 4.69) is 6.08 Å². The molecule has 0 aromatic rings. The average molecular weight is 200 g/mol. The molecule has 0 saturated carbocycles. The first-order valence-corrected chi connectivity index (χ1v) is 5.25. The standard InChI is InChI=1S/C11H20O3/c1-3-11(12)9-5-4-6-10(7-9)14-8-13-2/h5,10-12H,3-4,6-8H2,1-2H3. The maximum Gasteiger partial charge on any atom is 0.146 e. The number of aliphatic hydroxyl groups excluding tert-OH is 1. The summed E-state index contributed by atoms with van der Waals surface area (Å²) < 4.78 is 10.3. The van der Waals surface area contributed by atoms with Crippen molar-refractivity contribution < 1.29 is 14.6 Å². The van der Waals surface area contributed by atoms with Crippen LogP contribution >= 0.6 is 0 Å². The Kier molecular flexibility index (Phi) is 5.15. The van der Waals surface area contributed by atoms with Gasteiger partial charge in [0.1, 0.15) is 6.79 Å². The lowest BCUT2D eigenvalue weighted by Gasteiger charge is -2.25. The summed E-state index contributed by atoms with van der Waals surface area (Å²) in [6.45, 7) is 2.34. The zero-order chi connectivity index (χ0) is 10.4. The highest BCUT2D eigenvalue weighted by Gasteiger charge is 2.19. The molecule has 0 aromatic heterocycles. The smallest absolute Gasteiger partial charge is 0.146 e. The molecule has 1 N–H and O–H groups in total. The van der Waals surface area contributed by atoms with Gasteiger partial charge in [-0.15, -0.1) is 0 Å². The highest BCUT2D eigenvalue weighted by Crippen LogP contribution is 2.24. The van der Waals surface area contributed by atoms with Gasteiger partial charge in [0.2, 0.25) is 0 Å². The van der Waals surface area contributed by atoms with Crippen LogP contribution in [0.15, 0.2) is 11.6 Å². The predicted molar refractivity (Wildman–Crippen MR) is 55.0 cm³/mol. The second-order valence-electron chi connectivity index (χ2n) is 3.68. The molecule has 0 fully saturated rings. The first-order valence-electron chi connectivity index (χ1n) is 5.25. The second kappa shape index (κ2) is 6.17. The summed E-state index contributed by atoms with van der Waals surface area (Å²) in [6.07, 6.45) is 5.73. The molecule has 2 unspecified atom stereocenters. The van der Waals surface area contributed by atoms with Crippen LogP contribution in [0.4, 0.5) is 0 Å². The molecular formula is C11H20O3. The number of allylic oxidation sites excluding steroid dienone is 1. The van der Waals surface area contributed by atoms with Crippen LogP contribution in [0.1, 0.15) is 32.6 Å². The second-order valence-corrected chi connectivity index (χ2v) is 3.68. The number of rotatable bonds is 5. The van der Waals surface area contributed by atoms with Crippen molar-refractivity contribution in [2.45, 2.75) is 44.8 Å². The fourth-order valence-electron chi connectivity index (χ4n) is 1.74. The Balaban J connectivity index is 2.37. The summed E-state index contributed by atoms with van der Waals surface area (Å²) in [5.41, 5.74) is 1.12. The van der Waals surface area contributed by atoms with Gasteiger partial charge in [-0.2, -0.15) is 0 Å². The molecule has 0 aromatic carbocycles. The van der Waals surface area contributed by atoms with Gasteiger partial charge >= 0.3 is 0 Å². The van der Waals surface area contributed by atoms with Crippen LogP contribution in [-0.4, -0.2) is 31.2 Å². The summed E-state index contributed by atoms with van der Waals surface area (Å²) in [5, 5.41) is 9.67. The third kappa shape index (κ3) is 3.40. The van der Waals surface area contributed by atoms with Crippen molar-refractivity contribution in [3.05, 3.63) is 11.6 Å². The molecule has 0 spiro atoms.